The number of carboxylic acids is 4. The van der Waals surface area contributed by atoms with E-state index in [9.17, 15) is 39.6 Å². The van der Waals surface area contributed by atoms with Crippen LogP contribution in [-0.2, 0) is 30.0 Å². The summed E-state index contributed by atoms with van der Waals surface area (Å²) in [5.41, 5.74) is 7.10. The fourth-order valence-corrected chi connectivity index (χ4v) is 7.40. The smallest absolute Gasteiger partial charge is 0.317 e. The summed E-state index contributed by atoms with van der Waals surface area (Å²) in [6.45, 7) is 7.47. The molecule has 2 aliphatic heterocycles. The lowest BCUT2D eigenvalue weighted by atomic mass is 9.81. The van der Waals surface area contributed by atoms with Crippen molar-refractivity contribution in [3.63, 3.8) is 0 Å². The van der Waals surface area contributed by atoms with Crippen LogP contribution in [0.2, 0.25) is 0 Å². The zero-order valence-electron chi connectivity index (χ0n) is 31.9. The summed E-state index contributed by atoms with van der Waals surface area (Å²) in [5, 5.41) is 37.4. The molecule has 2 aromatic carbocycles. The Kier molecular flexibility index (Phi) is 13.4. The topological polar surface area (TPSA) is 165 Å². The number of carbonyl (C=O) groups is 4. The van der Waals surface area contributed by atoms with E-state index in [4.69, 9.17) is 0 Å². The van der Waals surface area contributed by atoms with Gasteiger partial charge in [0, 0.05) is 73.4 Å². The molecule has 2 aliphatic rings. The summed E-state index contributed by atoms with van der Waals surface area (Å²) in [4.78, 5) is 52.5. The van der Waals surface area contributed by atoms with Crippen molar-refractivity contribution in [2.45, 2.75) is 38.5 Å². The van der Waals surface area contributed by atoms with E-state index in [1.54, 1.807) is 0 Å². The quantitative estimate of drug-likeness (QED) is 0.119. The zero-order chi connectivity index (χ0) is 39.8. The Morgan fingerprint density at radius 1 is 0.685 bits per heavy atom. The number of likely N-dealkylation sites (N-methyl/N-ethyl adjacent to an activating group) is 1. The van der Waals surface area contributed by atoms with Gasteiger partial charge in [-0.25, -0.2) is 0 Å². The summed E-state index contributed by atoms with van der Waals surface area (Å²) in [5.74, 6) is -4.65. The number of hydrogen-bond donors (Lipinski definition) is 4. The zero-order valence-corrected chi connectivity index (χ0v) is 31.9. The Bertz CT molecular complexity index is 1840. The van der Waals surface area contributed by atoms with E-state index in [-0.39, 0.29) is 31.6 Å². The number of benzene rings is 2. The maximum Gasteiger partial charge on any atom is 0.317 e. The van der Waals surface area contributed by atoms with Crippen LogP contribution in [0.3, 0.4) is 0 Å². The van der Waals surface area contributed by atoms with Crippen LogP contribution in [0.15, 0.2) is 90.7 Å². The highest BCUT2D eigenvalue weighted by Crippen LogP contribution is 2.48. The van der Waals surface area contributed by atoms with Crippen molar-refractivity contribution in [1.82, 2.24) is 9.80 Å². The molecule has 0 atom stereocenters. The van der Waals surface area contributed by atoms with Gasteiger partial charge in [0.2, 0.25) is 5.69 Å². The first-order valence-electron chi connectivity index (χ1n) is 17.8. The number of aliphatic carboxylic acids is 4. The Morgan fingerprint density at radius 2 is 1.20 bits per heavy atom. The summed E-state index contributed by atoms with van der Waals surface area (Å²) in [6, 6.07) is 14.4. The van der Waals surface area contributed by atoms with E-state index in [0.29, 0.717) is 0 Å². The lowest BCUT2D eigenvalue weighted by molar-refractivity contribution is -0.401. The average molecular weight is 743 g/mol. The fourth-order valence-electron chi connectivity index (χ4n) is 7.40. The molecule has 54 heavy (non-hydrogen) atoms. The number of nitrogens with zero attached hydrogens (tertiary/aromatic N) is 5. The van der Waals surface area contributed by atoms with Crippen LogP contribution >= 0.6 is 0 Å². The number of carboxylic acid groups (broad SMARTS) is 4. The number of hydrogen-bond acceptors (Lipinski definition) is 8. The summed E-state index contributed by atoms with van der Waals surface area (Å²) < 4.78 is 2.24. The number of allylic oxidation sites excluding steroid dienone is 8. The minimum atomic E-state index is -1.16. The van der Waals surface area contributed by atoms with Crippen LogP contribution < -0.4 is 9.80 Å². The van der Waals surface area contributed by atoms with Crippen molar-refractivity contribution < 1.29 is 44.2 Å². The van der Waals surface area contributed by atoms with Crippen molar-refractivity contribution in [3.05, 3.63) is 102 Å². The van der Waals surface area contributed by atoms with Crippen LogP contribution in [0.4, 0.5) is 17.1 Å². The molecule has 0 aliphatic carbocycles. The van der Waals surface area contributed by atoms with Crippen LogP contribution in [0.1, 0.15) is 38.8 Å². The first-order chi connectivity index (χ1) is 25.4. The third-order valence-electron chi connectivity index (χ3n) is 10.1. The molecule has 0 saturated heterocycles. The molecule has 0 unspecified atom stereocenters. The van der Waals surface area contributed by atoms with Gasteiger partial charge in [-0.1, -0.05) is 62.4 Å². The summed E-state index contributed by atoms with van der Waals surface area (Å²) in [6.07, 6.45) is 14.3. The second kappa shape index (κ2) is 17.5. The Hall–Kier alpha value is -5.53. The van der Waals surface area contributed by atoms with Gasteiger partial charge in [-0.15, -0.1) is 0 Å². The minimum Gasteiger partial charge on any atom is -0.480 e. The van der Waals surface area contributed by atoms with Crippen molar-refractivity contribution >= 4 is 46.7 Å². The van der Waals surface area contributed by atoms with Crippen molar-refractivity contribution in [1.29, 1.82) is 0 Å². The second-order valence-electron chi connectivity index (χ2n) is 14.6. The highest BCUT2D eigenvalue weighted by Gasteiger charge is 2.42. The molecular formula is C41H52N5O8+. The molecule has 2 aromatic rings. The fraction of sp³-hybridized carbons (Fsp3) is 0.390. The number of anilines is 2. The van der Waals surface area contributed by atoms with Gasteiger partial charge in [-0.05, 0) is 43.7 Å². The molecule has 288 valence electrons. The predicted octanol–water partition coefficient (Wildman–Crippen LogP) is 4.42. The maximum absolute atomic E-state index is 11.5. The molecule has 0 radical (unpaired) electrons. The first-order valence-corrected chi connectivity index (χ1v) is 17.8. The van der Waals surface area contributed by atoms with Crippen molar-refractivity contribution in [3.8, 4) is 0 Å². The lowest BCUT2D eigenvalue weighted by Gasteiger charge is -2.31. The van der Waals surface area contributed by atoms with Crippen LogP contribution in [0, 0.1) is 0 Å². The standard InChI is InChI=1S/C41H51N5O8/c1-40(2)30-14-12-13-15-32(30)42(5)34(40)16-10-8-7-9-11-17-35-41(3,4)31-24-29(18-19-33(31)43(35)6)46(22-20-44(25-36(47)48)26-37(49)50)23-21-45(27-38(51)52)28-39(53)54/h7-19,24H,20-23,25-28H2,1-6H3,(H3-,47,48,49,50,51,52,53,54)/p+1. The monoisotopic (exact) mass is 742 g/mol. The normalized spacial score (nSPS) is 16.7. The van der Waals surface area contributed by atoms with Crippen LogP contribution in [0.5, 0.6) is 0 Å². The van der Waals surface area contributed by atoms with E-state index < -0.39 is 55.5 Å². The highest BCUT2D eigenvalue weighted by atomic mass is 16.4. The number of fused-ring (bicyclic) bond motifs is 2. The van der Waals surface area contributed by atoms with Crippen molar-refractivity contribution in [2.24, 2.45) is 0 Å². The molecule has 0 fully saturated rings. The largest absolute Gasteiger partial charge is 0.480 e. The molecule has 2 heterocycles. The third kappa shape index (κ3) is 9.91. The van der Waals surface area contributed by atoms with Gasteiger partial charge in [0.15, 0.2) is 5.71 Å². The molecule has 0 spiro atoms. The van der Waals surface area contributed by atoms with Gasteiger partial charge < -0.3 is 30.2 Å². The number of para-hydroxylation sites is 1. The molecule has 0 amide bonds. The van der Waals surface area contributed by atoms with Gasteiger partial charge in [-0.3, -0.25) is 29.0 Å². The Balaban J connectivity index is 1.53. The molecule has 0 saturated carbocycles. The molecule has 13 nitrogen and oxygen atoms in total. The van der Waals surface area contributed by atoms with Gasteiger partial charge in [-0.2, -0.15) is 4.58 Å². The summed E-state index contributed by atoms with van der Waals surface area (Å²) in [7, 11) is 4.10. The molecule has 4 N–H and O–H groups in total. The lowest BCUT2D eigenvalue weighted by Crippen LogP contribution is -2.44. The second-order valence-corrected chi connectivity index (χ2v) is 14.6. The van der Waals surface area contributed by atoms with E-state index in [0.717, 1.165) is 22.6 Å². The minimum absolute atomic E-state index is 0.0942. The van der Waals surface area contributed by atoms with Crippen LogP contribution in [-0.4, -0.2) is 131 Å². The third-order valence-corrected chi connectivity index (χ3v) is 10.1. The number of rotatable bonds is 19. The molecule has 4 rings (SSSR count). The van der Waals surface area contributed by atoms with Gasteiger partial charge in [0.05, 0.1) is 31.6 Å². The Morgan fingerprint density at radius 3 is 1.74 bits per heavy atom. The van der Waals surface area contributed by atoms with Gasteiger partial charge >= 0.3 is 23.9 Å². The average Bonchev–Trinajstić information content (AvgIpc) is 3.39. The molecular weight excluding hydrogens is 690 g/mol. The Labute approximate surface area is 316 Å². The van der Waals surface area contributed by atoms with E-state index in [2.05, 4.69) is 86.7 Å². The van der Waals surface area contributed by atoms with Gasteiger partial charge in [0.1, 0.15) is 7.05 Å². The SMILES string of the molecule is CN1C(=CC=CC=CC=CC2=[N+](C)c3ccccc3C2(C)C)C(C)(C)c2cc(N(CCN(CC(=O)O)CC(=O)O)CCN(CC(=O)O)CC(=O)O)ccc21. The van der Waals surface area contributed by atoms with Gasteiger partial charge in [0.25, 0.3) is 0 Å². The van der Waals surface area contributed by atoms with E-state index >= 15 is 0 Å². The first kappa shape index (κ1) is 41.2. The highest BCUT2D eigenvalue weighted by molar-refractivity contribution is 6.03. The predicted molar refractivity (Wildman–Crippen MR) is 209 cm³/mol. The van der Waals surface area contributed by atoms with E-state index in [1.807, 2.05) is 54.5 Å². The molecule has 0 aromatic heterocycles. The summed E-state index contributed by atoms with van der Waals surface area (Å²) >= 11 is 0. The van der Waals surface area contributed by atoms with Crippen LogP contribution in [0.25, 0.3) is 0 Å². The van der Waals surface area contributed by atoms with Crippen molar-refractivity contribution in [2.75, 3.05) is 76.3 Å². The van der Waals surface area contributed by atoms with E-state index in [1.165, 1.54) is 26.8 Å². The molecule has 0 bridgehead atoms. The molecule has 13 heteroatoms. The maximum atomic E-state index is 11.5.